The van der Waals surface area contributed by atoms with Gasteiger partial charge in [-0.1, -0.05) is 11.3 Å². The summed E-state index contributed by atoms with van der Waals surface area (Å²) in [5.41, 5.74) is 11.9. The van der Waals surface area contributed by atoms with Crippen molar-refractivity contribution in [2.75, 3.05) is 48.3 Å². The summed E-state index contributed by atoms with van der Waals surface area (Å²) in [7, 11) is 0. The number of anilines is 2. The maximum Gasteiger partial charge on any atom is 0.267 e. The molecule has 0 aliphatic carbocycles. The summed E-state index contributed by atoms with van der Waals surface area (Å²) in [6, 6.07) is 0.283. The average Bonchev–Trinajstić information content (AvgIpc) is 2.90. The topological polar surface area (TPSA) is 88.5 Å². The fraction of sp³-hybridized carbons (Fsp3) is 0.692. The lowest BCUT2D eigenvalue weighted by atomic mass is 10.1. The van der Waals surface area contributed by atoms with Crippen LogP contribution in [0.15, 0.2) is 0 Å². The van der Waals surface area contributed by atoms with Gasteiger partial charge < -0.3 is 21.3 Å². The summed E-state index contributed by atoms with van der Waals surface area (Å²) >= 11 is 3.31. The highest BCUT2D eigenvalue weighted by Gasteiger charge is 2.26. The van der Waals surface area contributed by atoms with E-state index in [0.29, 0.717) is 10.7 Å². The van der Waals surface area contributed by atoms with Crippen molar-refractivity contribution in [3.63, 3.8) is 0 Å². The molecule has 4 N–H and O–H groups in total. The van der Waals surface area contributed by atoms with Crippen LogP contribution in [-0.2, 0) is 0 Å². The number of nitrogen functional groups attached to an aromatic ring is 1. The van der Waals surface area contributed by atoms with Gasteiger partial charge in [-0.25, -0.2) is 4.98 Å². The molecule has 2 saturated heterocycles. The third-order valence-electron chi connectivity index (χ3n) is 3.94. The van der Waals surface area contributed by atoms with Gasteiger partial charge in [0.25, 0.3) is 5.91 Å². The van der Waals surface area contributed by atoms with Crippen LogP contribution in [0.3, 0.4) is 0 Å². The van der Waals surface area contributed by atoms with E-state index in [2.05, 4.69) is 9.88 Å². The van der Waals surface area contributed by atoms with Crippen molar-refractivity contribution in [2.45, 2.75) is 18.9 Å². The van der Waals surface area contributed by atoms with E-state index in [1.807, 2.05) is 16.7 Å². The summed E-state index contributed by atoms with van der Waals surface area (Å²) in [6.45, 7) is 3.38. The molecule has 2 aliphatic rings. The van der Waals surface area contributed by atoms with Crippen LogP contribution in [0.25, 0.3) is 0 Å². The Kier molecular flexibility index (Phi) is 4.56. The molecule has 0 atom stereocenters. The van der Waals surface area contributed by atoms with Crippen LogP contribution >= 0.6 is 23.1 Å². The third-order valence-corrected chi connectivity index (χ3v) is 6.01. The molecule has 3 rings (SSSR count). The van der Waals surface area contributed by atoms with Gasteiger partial charge in [0.1, 0.15) is 10.7 Å². The number of thiazole rings is 1. The van der Waals surface area contributed by atoms with Crippen LogP contribution in [-0.4, -0.2) is 59.5 Å². The van der Waals surface area contributed by atoms with E-state index in [4.69, 9.17) is 11.5 Å². The number of carbonyl (C=O) groups excluding carboxylic acids is 1. The zero-order valence-electron chi connectivity index (χ0n) is 12.0. The average molecular weight is 327 g/mol. The summed E-state index contributed by atoms with van der Waals surface area (Å²) < 4.78 is 0. The zero-order valence-corrected chi connectivity index (χ0v) is 13.6. The van der Waals surface area contributed by atoms with Gasteiger partial charge in [0, 0.05) is 43.7 Å². The largest absolute Gasteiger partial charge is 0.382 e. The van der Waals surface area contributed by atoms with Gasteiger partial charge in [-0.05, 0) is 12.8 Å². The molecule has 1 aromatic heterocycles. The van der Waals surface area contributed by atoms with Gasteiger partial charge in [-0.3, -0.25) is 4.79 Å². The second kappa shape index (κ2) is 6.41. The lowest BCUT2D eigenvalue weighted by Crippen LogP contribution is -2.39. The minimum Gasteiger partial charge on any atom is -0.382 e. The van der Waals surface area contributed by atoms with Gasteiger partial charge in [0.05, 0.1) is 0 Å². The molecule has 1 aromatic rings. The number of carbonyl (C=O) groups is 1. The number of amides is 1. The Hall–Kier alpha value is -0.990. The number of nitrogens with zero attached hydrogens (tertiary/aromatic N) is 3. The predicted molar refractivity (Wildman–Crippen MR) is 89.2 cm³/mol. The van der Waals surface area contributed by atoms with Crippen molar-refractivity contribution in [3.05, 3.63) is 4.88 Å². The summed E-state index contributed by atoms with van der Waals surface area (Å²) in [6.07, 6.45) is 1.93. The normalized spacial score (nSPS) is 20.8. The second-order valence-electron chi connectivity index (χ2n) is 5.44. The minimum atomic E-state index is 0.0326. The fourth-order valence-electron chi connectivity index (χ4n) is 2.61. The number of aromatic nitrogens is 1. The SMILES string of the molecule is Nc1nc(N2CCC(N)CC2)sc1C(=O)N1CCSCC1. The summed E-state index contributed by atoms with van der Waals surface area (Å²) in [5.74, 6) is 2.40. The summed E-state index contributed by atoms with van der Waals surface area (Å²) in [5, 5.41) is 0.856. The Balaban J connectivity index is 1.73. The lowest BCUT2D eigenvalue weighted by Gasteiger charge is -2.29. The number of thioether (sulfide) groups is 1. The third kappa shape index (κ3) is 3.27. The molecule has 3 heterocycles. The number of piperidine rings is 1. The standard InChI is InChI=1S/C13H21N5OS2/c14-9-1-3-18(4-2-9)13-16-11(15)10(21-13)12(19)17-5-7-20-8-6-17/h9H,1-8,14-15H2. The van der Waals surface area contributed by atoms with E-state index in [1.165, 1.54) is 11.3 Å². The van der Waals surface area contributed by atoms with E-state index in [-0.39, 0.29) is 11.9 Å². The molecule has 0 bridgehead atoms. The molecular weight excluding hydrogens is 306 g/mol. The van der Waals surface area contributed by atoms with Crippen LogP contribution in [0.2, 0.25) is 0 Å². The summed E-state index contributed by atoms with van der Waals surface area (Å²) in [4.78, 5) is 21.6. The molecule has 0 aromatic carbocycles. The van der Waals surface area contributed by atoms with E-state index in [0.717, 1.165) is 55.7 Å². The van der Waals surface area contributed by atoms with Gasteiger partial charge >= 0.3 is 0 Å². The maximum atomic E-state index is 12.5. The molecule has 6 nitrogen and oxygen atoms in total. The van der Waals surface area contributed by atoms with E-state index in [9.17, 15) is 4.79 Å². The highest BCUT2D eigenvalue weighted by atomic mass is 32.2. The van der Waals surface area contributed by atoms with Crippen LogP contribution in [0.5, 0.6) is 0 Å². The van der Waals surface area contributed by atoms with Crippen LogP contribution in [0, 0.1) is 0 Å². The number of nitrogens with two attached hydrogens (primary N) is 2. The van der Waals surface area contributed by atoms with Crippen molar-refractivity contribution in [1.29, 1.82) is 0 Å². The Labute approximate surface area is 132 Å². The molecule has 0 unspecified atom stereocenters. The molecule has 0 radical (unpaired) electrons. The first-order valence-corrected chi connectivity index (χ1v) is 9.26. The zero-order chi connectivity index (χ0) is 14.8. The van der Waals surface area contributed by atoms with Crippen molar-refractivity contribution in [1.82, 2.24) is 9.88 Å². The van der Waals surface area contributed by atoms with Crippen molar-refractivity contribution >= 4 is 40.0 Å². The maximum absolute atomic E-state index is 12.5. The first kappa shape index (κ1) is 14.9. The van der Waals surface area contributed by atoms with Crippen molar-refractivity contribution < 1.29 is 4.79 Å². The molecule has 2 fully saturated rings. The van der Waals surface area contributed by atoms with Gasteiger partial charge in [-0.15, -0.1) is 0 Å². The van der Waals surface area contributed by atoms with Crippen LogP contribution in [0.4, 0.5) is 10.9 Å². The second-order valence-corrected chi connectivity index (χ2v) is 7.64. The van der Waals surface area contributed by atoms with E-state index in [1.54, 1.807) is 0 Å². The molecule has 21 heavy (non-hydrogen) atoms. The Bertz CT molecular complexity index is 507. The highest BCUT2D eigenvalue weighted by Crippen LogP contribution is 2.31. The first-order valence-electron chi connectivity index (χ1n) is 7.29. The van der Waals surface area contributed by atoms with Crippen molar-refractivity contribution in [3.8, 4) is 0 Å². The number of hydrogen-bond acceptors (Lipinski definition) is 7. The quantitative estimate of drug-likeness (QED) is 0.837. The van der Waals surface area contributed by atoms with Gasteiger partial charge in [0.2, 0.25) is 0 Å². The smallest absolute Gasteiger partial charge is 0.267 e. The molecule has 0 saturated carbocycles. The molecule has 0 spiro atoms. The monoisotopic (exact) mass is 327 g/mol. The Morgan fingerprint density at radius 3 is 2.52 bits per heavy atom. The lowest BCUT2D eigenvalue weighted by molar-refractivity contribution is 0.0778. The number of rotatable bonds is 2. The van der Waals surface area contributed by atoms with E-state index < -0.39 is 0 Å². The van der Waals surface area contributed by atoms with Crippen molar-refractivity contribution in [2.24, 2.45) is 5.73 Å². The fourth-order valence-corrected chi connectivity index (χ4v) is 4.52. The minimum absolute atomic E-state index is 0.0326. The number of hydrogen-bond donors (Lipinski definition) is 2. The molecular formula is C13H21N5OS2. The molecule has 2 aliphatic heterocycles. The van der Waals surface area contributed by atoms with Gasteiger partial charge in [-0.2, -0.15) is 11.8 Å². The molecule has 116 valence electrons. The highest BCUT2D eigenvalue weighted by molar-refractivity contribution is 7.99. The van der Waals surface area contributed by atoms with Gasteiger partial charge in [0.15, 0.2) is 5.13 Å². The predicted octanol–water partition coefficient (Wildman–Crippen LogP) is 0.842. The molecule has 1 amide bonds. The van der Waals surface area contributed by atoms with Crippen LogP contribution in [0.1, 0.15) is 22.5 Å². The molecule has 8 heteroatoms. The first-order chi connectivity index (χ1) is 10.1. The Morgan fingerprint density at radius 1 is 1.19 bits per heavy atom. The van der Waals surface area contributed by atoms with E-state index >= 15 is 0 Å². The van der Waals surface area contributed by atoms with Crippen LogP contribution < -0.4 is 16.4 Å². The Morgan fingerprint density at radius 2 is 1.86 bits per heavy atom.